The monoisotopic (exact) mass is 220 g/mol. The Morgan fingerprint density at radius 3 is 2.80 bits per heavy atom. The van der Waals surface area contributed by atoms with Crippen LogP contribution in [0, 0.1) is 5.92 Å². The van der Waals surface area contributed by atoms with Crippen LogP contribution in [0.3, 0.4) is 0 Å². The summed E-state index contributed by atoms with van der Waals surface area (Å²) in [6, 6.07) is 0. The van der Waals surface area contributed by atoms with E-state index in [1.807, 2.05) is 6.08 Å². The summed E-state index contributed by atoms with van der Waals surface area (Å²) in [6.07, 6.45) is 0.626. The Hall–Kier alpha value is -0.840. The zero-order valence-electron chi connectivity index (χ0n) is 8.01. The molecule has 1 fully saturated rings. The molecule has 0 heterocycles. The predicted octanol–water partition coefficient (Wildman–Crippen LogP) is 2.24. The number of Topliss-reactive ketones (excluding diaryl/α,β-unsaturated/α-hetero) is 1. The van der Waals surface area contributed by atoms with Gasteiger partial charge in [-0.15, -0.1) is 0 Å². The fourth-order valence-corrected chi connectivity index (χ4v) is 2.19. The first-order chi connectivity index (χ1) is 6.94. The quantitative estimate of drug-likeness (QED) is 0.667. The highest BCUT2D eigenvalue weighted by molar-refractivity contribution is 5.95. The molecule has 0 aromatic rings. The summed E-state index contributed by atoms with van der Waals surface area (Å²) >= 11 is 0. The molecule has 0 aliphatic heterocycles. The van der Waals surface area contributed by atoms with E-state index in [0.717, 1.165) is 0 Å². The first-order valence-corrected chi connectivity index (χ1v) is 4.85. The van der Waals surface area contributed by atoms with Crippen molar-refractivity contribution in [1.29, 1.82) is 0 Å². The van der Waals surface area contributed by atoms with Gasteiger partial charge in [-0.1, -0.05) is 12.2 Å². The van der Waals surface area contributed by atoms with E-state index in [9.17, 15) is 18.0 Å². The van der Waals surface area contributed by atoms with Crippen molar-refractivity contribution in [2.24, 2.45) is 5.92 Å². The van der Waals surface area contributed by atoms with Gasteiger partial charge >= 0.3 is 6.18 Å². The molecule has 0 aromatic carbocycles. The standard InChI is InChI=1S/C10H11F3O2/c11-10(12,13)6-15-9-4-2-1-3-7(9)5-8(9)14/h1,3,7H,2,4-6H2. The van der Waals surface area contributed by atoms with Crippen LogP contribution < -0.4 is 0 Å². The maximum absolute atomic E-state index is 12.0. The average Bonchev–Trinajstić information content (AvgIpc) is 2.13. The van der Waals surface area contributed by atoms with Crippen LogP contribution in [0.4, 0.5) is 13.2 Å². The Kier molecular flexibility index (Phi) is 2.37. The minimum absolute atomic E-state index is 0.152. The molecule has 1 saturated carbocycles. The van der Waals surface area contributed by atoms with Gasteiger partial charge in [-0.2, -0.15) is 13.2 Å². The number of hydrogen-bond donors (Lipinski definition) is 0. The molecule has 2 aliphatic carbocycles. The van der Waals surface area contributed by atoms with Gasteiger partial charge in [0.05, 0.1) is 0 Å². The van der Waals surface area contributed by atoms with Crippen LogP contribution in [0.15, 0.2) is 12.2 Å². The number of ketones is 1. The lowest BCUT2D eigenvalue weighted by molar-refractivity contribution is -0.225. The van der Waals surface area contributed by atoms with Gasteiger partial charge in [0, 0.05) is 12.3 Å². The topological polar surface area (TPSA) is 26.3 Å². The van der Waals surface area contributed by atoms with E-state index < -0.39 is 18.4 Å². The minimum atomic E-state index is -4.36. The van der Waals surface area contributed by atoms with E-state index in [2.05, 4.69) is 0 Å². The molecule has 0 amide bonds. The second-order valence-electron chi connectivity index (χ2n) is 3.99. The molecule has 0 aromatic heterocycles. The third-order valence-electron chi connectivity index (χ3n) is 3.02. The molecule has 0 saturated heterocycles. The van der Waals surface area contributed by atoms with Crippen LogP contribution in [0.25, 0.3) is 0 Å². The van der Waals surface area contributed by atoms with E-state index in [4.69, 9.17) is 4.74 Å². The average molecular weight is 220 g/mol. The number of ether oxygens (including phenoxy) is 1. The molecule has 2 aliphatic rings. The first-order valence-electron chi connectivity index (χ1n) is 4.85. The van der Waals surface area contributed by atoms with Crippen LogP contribution in [0.2, 0.25) is 0 Å². The molecule has 0 spiro atoms. The highest BCUT2D eigenvalue weighted by Crippen LogP contribution is 2.46. The van der Waals surface area contributed by atoms with Gasteiger partial charge < -0.3 is 4.74 Å². The summed E-state index contributed by atoms with van der Waals surface area (Å²) in [5.74, 6) is -0.345. The third-order valence-corrected chi connectivity index (χ3v) is 3.02. The van der Waals surface area contributed by atoms with E-state index in [-0.39, 0.29) is 11.7 Å². The number of carbonyl (C=O) groups is 1. The van der Waals surface area contributed by atoms with Crippen LogP contribution in [0.5, 0.6) is 0 Å². The second kappa shape index (κ2) is 3.33. The van der Waals surface area contributed by atoms with Crippen LogP contribution in [-0.2, 0) is 9.53 Å². The Labute approximate surface area is 85.1 Å². The number of fused-ring (bicyclic) bond motifs is 1. The number of hydrogen-bond acceptors (Lipinski definition) is 2. The normalized spacial score (nSPS) is 34.9. The Morgan fingerprint density at radius 2 is 2.27 bits per heavy atom. The smallest absolute Gasteiger partial charge is 0.357 e. The summed E-state index contributed by atoms with van der Waals surface area (Å²) < 4.78 is 40.8. The lowest BCUT2D eigenvalue weighted by Gasteiger charge is -2.47. The van der Waals surface area contributed by atoms with Crippen LogP contribution >= 0.6 is 0 Å². The predicted molar refractivity (Wildman–Crippen MR) is 46.2 cm³/mol. The van der Waals surface area contributed by atoms with E-state index >= 15 is 0 Å². The van der Waals surface area contributed by atoms with Crippen molar-refractivity contribution in [3.63, 3.8) is 0 Å². The van der Waals surface area contributed by atoms with Crippen molar-refractivity contribution in [3.05, 3.63) is 12.2 Å². The number of halogens is 3. The number of alkyl halides is 3. The lowest BCUT2D eigenvalue weighted by atomic mass is 9.63. The van der Waals surface area contributed by atoms with Crippen molar-refractivity contribution in [1.82, 2.24) is 0 Å². The maximum Gasteiger partial charge on any atom is 0.411 e. The first kappa shape index (κ1) is 10.7. The zero-order chi connectivity index (χ0) is 11.1. The minimum Gasteiger partial charge on any atom is -0.357 e. The molecule has 0 radical (unpaired) electrons. The van der Waals surface area contributed by atoms with Gasteiger partial charge in [-0.25, -0.2) is 0 Å². The molecule has 2 atom stereocenters. The summed E-state index contributed by atoms with van der Waals surface area (Å²) in [5, 5.41) is 0. The van der Waals surface area contributed by atoms with Gasteiger partial charge in [0.15, 0.2) is 5.78 Å². The molecule has 2 nitrogen and oxygen atoms in total. The summed E-state index contributed by atoms with van der Waals surface area (Å²) in [6.45, 7) is -1.33. The summed E-state index contributed by atoms with van der Waals surface area (Å²) in [5.41, 5.74) is -1.16. The van der Waals surface area contributed by atoms with Crippen molar-refractivity contribution in [2.75, 3.05) is 6.61 Å². The van der Waals surface area contributed by atoms with Gasteiger partial charge in [0.2, 0.25) is 0 Å². The Morgan fingerprint density at radius 1 is 1.53 bits per heavy atom. The molecule has 5 heteroatoms. The SMILES string of the molecule is O=C1CC2C=CCCC12OCC(F)(F)F. The molecule has 0 bridgehead atoms. The summed E-state index contributed by atoms with van der Waals surface area (Å²) in [4.78, 5) is 11.4. The van der Waals surface area contributed by atoms with Gasteiger partial charge in [0.1, 0.15) is 12.2 Å². The highest BCUT2D eigenvalue weighted by Gasteiger charge is 2.56. The summed E-state index contributed by atoms with van der Waals surface area (Å²) in [7, 11) is 0. The van der Waals surface area contributed by atoms with Crippen molar-refractivity contribution < 1.29 is 22.7 Å². The van der Waals surface area contributed by atoms with Crippen molar-refractivity contribution in [3.8, 4) is 0 Å². The molecule has 2 unspecified atom stereocenters. The Bertz CT molecular complexity index is 308. The van der Waals surface area contributed by atoms with Crippen LogP contribution in [-0.4, -0.2) is 24.2 Å². The largest absolute Gasteiger partial charge is 0.411 e. The van der Waals surface area contributed by atoms with Crippen molar-refractivity contribution in [2.45, 2.75) is 31.0 Å². The number of allylic oxidation sites excluding steroid dienone is 1. The van der Waals surface area contributed by atoms with Gasteiger partial charge in [-0.3, -0.25) is 4.79 Å². The van der Waals surface area contributed by atoms with Gasteiger partial charge in [0.25, 0.3) is 0 Å². The van der Waals surface area contributed by atoms with Gasteiger partial charge in [-0.05, 0) is 12.8 Å². The fourth-order valence-electron chi connectivity index (χ4n) is 2.19. The number of carbonyl (C=O) groups excluding carboxylic acids is 1. The van der Waals surface area contributed by atoms with E-state index in [0.29, 0.717) is 19.3 Å². The Balaban J connectivity index is 2.05. The van der Waals surface area contributed by atoms with E-state index in [1.165, 1.54) is 0 Å². The van der Waals surface area contributed by atoms with Crippen LogP contribution in [0.1, 0.15) is 19.3 Å². The maximum atomic E-state index is 12.0. The molecular weight excluding hydrogens is 209 g/mol. The molecular formula is C10H11F3O2. The van der Waals surface area contributed by atoms with Crippen molar-refractivity contribution >= 4 is 5.78 Å². The lowest BCUT2D eigenvalue weighted by Crippen LogP contribution is -2.59. The molecule has 84 valence electrons. The third kappa shape index (κ3) is 1.80. The molecule has 0 N–H and O–H groups in total. The number of rotatable bonds is 2. The molecule has 2 rings (SSSR count). The fraction of sp³-hybridized carbons (Fsp3) is 0.700. The van der Waals surface area contributed by atoms with E-state index in [1.54, 1.807) is 6.08 Å². The molecule has 15 heavy (non-hydrogen) atoms. The second-order valence-corrected chi connectivity index (χ2v) is 3.99. The zero-order valence-corrected chi connectivity index (χ0v) is 8.01. The highest BCUT2D eigenvalue weighted by atomic mass is 19.4.